The Morgan fingerprint density at radius 1 is 0.964 bits per heavy atom. The Morgan fingerprint density at radius 3 is 2.50 bits per heavy atom. The number of nitrogens with zero attached hydrogens (tertiary/aromatic N) is 2. The second-order valence-corrected chi connectivity index (χ2v) is 6.20. The third-order valence-corrected chi connectivity index (χ3v) is 4.31. The zero-order valence-corrected chi connectivity index (χ0v) is 15.4. The number of hydrogen-bond donors (Lipinski definition) is 1. The largest absolute Gasteiger partial charge is 0.494 e. The van der Waals surface area contributed by atoms with Crippen molar-refractivity contribution in [2.45, 2.75) is 6.92 Å². The fourth-order valence-corrected chi connectivity index (χ4v) is 3.01. The molecule has 4 rings (SSSR count). The summed E-state index contributed by atoms with van der Waals surface area (Å²) in [6, 6.07) is 22.4. The highest BCUT2D eigenvalue weighted by Crippen LogP contribution is 2.25. The Balaban J connectivity index is 1.71. The van der Waals surface area contributed by atoms with Gasteiger partial charge in [0.1, 0.15) is 5.75 Å². The molecule has 5 heteroatoms. The first-order chi connectivity index (χ1) is 13.7. The van der Waals surface area contributed by atoms with Crippen LogP contribution in [0.4, 0.5) is 5.69 Å². The molecular weight excluding hydrogens is 350 g/mol. The monoisotopic (exact) mass is 369 g/mol. The van der Waals surface area contributed by atoms with Gasteiger partial charge in [-0.2, -0.15) is 0 Å². The van der Waals surface area contributed by atoms with Gasteiger partial charge < -0.3 is 10.1 Å². The van der Waals surface area contributed by atoms with Gasteiger partial charge in [0.05, 0.1) is 29.1 Å². The van der Waals surface area contributed by atoms with Crippen molar-refractivity contribution in [2.24, 2.45) is 0 Å². The number of carbonyl (C=O) groups excluding carboxylic acids is 1. The van der Waals surface area contributed by atoms with E-state index in [0.717, 1.165) is 22.3 Å². The quantitative estimate of drug-likeness (QED) is 0.541. The van der Waals surface area contributed by atoms with Crippen LogP contribution in [-0.2, 0) is 0 Å². The Bertz CT molecular complexity index is 1110. The first-order valence-corrected chi connectivity index (χ1v) is 9.10. The maximum Gasteiger partial charge on any atom is 0.256 e. The predicted molar refractivity (Wildman–Crippen MR) is 111 cm³/mol. The van der Waals surface area contributed by atoms with Crippen molar-refractivity contribution in [2.75, 3.05) is 11.9 Å². The third kappa shape index (κ3) is 3.69. The van der Waals surface area contributed by atoms with Gasteiger partial charge >= 0.3 is 0 Å². The number of anilines is 1. The number of amides is 1. The molecule has 2 aromatic heterocycles. The van der Waals surface area contributed by atoms with E-state index >= 15 is 0 Å². The molecule has 2 heterocycles. The topological polar surface area (TPSA) is 64.1 Å². The van der Waals surface area contributed by atoms with Crippen molar-refractivity contribution in [3.05, 3.63) is 84.6 Å². The number of hydrogen-bond acceptors (Lipinski definition) is 4. The molecule has 2 aromatic carbocycles. The van der Waals surface area contributed by atoms with Gasteiger partial charge in [-0.25, -0.2) is 4.98 Å². The Labute approximate surface area is 163 Å². The summed E-state index contributed by atoms with van der Waals surface area (Å²) in [6.45, 7) is 2.54. The molecule has 28 heavy (non-hydrogen) atoms. The lowest BCUT2D eigenvalue weighted by Gasteiger charge is -2.11. The van der Waals surface area contributed by atoms with Crippen LogP contribution in [0.5, 0.6) is 5.75 Å². The van der Waals surface area contributed by atoms with E-state index in [9.17, 15) is 4.79 Å². The molecule has 0 aliphatic carbocycles. The van der Waals surface area contributed by atoms with Crippen molar-refractivity contribution in [3.8, 4) is 17.1 Å². The van der Waals surface area contributed by atoms with Gasteiger partial charge in [-0.1, -0.05) is 24.3 Å². The molecule has 0 bridgehead atoms. The minimum atomic E-state index is -0.194. The summed E-state index contributed by atoms with van der Waals surface area (Å²) in [6.07, 6.45) is 1.71. The molecule has 138 valence electrons. The summed E-state index contributed by atoms with van der Waals surface area (Å²) in [5.74, 6) is 0.576. The second-order valence-electron chi connectivity index (χ2n) is 6.20. The lowest BCUT2D eigenvalue weighted by Crippen LogP contribution is -2.13. The summed E-state index contributed by atoms with van der Waals surface area (Å²) >= 11 is 0. The molecule has 5 nitrogen and oxygen atoms in total. The number of carbonyl (C=O) groups is 1. The number of rotatable bonds is 5. The molecule has 0 saturated heterocycles. The van der Waals surface area contributed by atoms with Gasteiger partial charge in [-0.15, -0.1) is 0 Å². The van der Waals surface area contributed by atoms with Gasteiger partial charge in [0.15, 0.2) is 0 Å². The van der Waals surface area contributed by atoms with Crippen LogP contribution < -0.4 is 10.1 Å². The summed E-state index contributed by atoms with van der Waals surface area (Å²) in [4.78, 5) is 22.1. The highest BCUT2D eigenvalue weighted by molar-refractivity contribution is 6.13. The number of benzene rings is 2. The lowest BCUT2D eigenvalue weighted by molar-refractivity contribution is 0.102. The van der Waals surface area contributed by atoms with Crippen LogP contribution >= 0.6 is 0 Å². The summed E-state index contributed by atoms with van der Waals surface area (Å²) in [5, 5.41) is 3.75. The van der Waals surface area contributed by atoms with E-state index in [2.05, 4.69) is 15.3 Å². The van der Waals surface area contributed by atoms with E-state index in [-0.39, 0.29) is 5.91 Å². The molecule has 0 radical (unpaired) electrons. The fraction of sp³-hybridized carbons (Fsp3) is 0.0870. The van der Waals surface area contributed by atoms with Crippen molar-refractivity contribution in [1.82, 2.24) is 9.97 Å². The molecular formula is C23H19N3O2. The number of para-hydroxylation sites is 1. The van der Waals surface area contributed by atoms with Crippen LogP contribution in [-0.4, -0.2) is 22.5 Å². The van der Waals surface area contributed by atoms with E-state index in [1.807, 2.05) is 73.7 Å². The van der Waals surface area contributed by atoms with Gasteiger partial charge in [-0.3, -0.25) is 9.78 Å². The molecule has 4 aromatic rings. The average molecular weight is 369 g/mol. The van der Waals surface area contributed by atoms with E-state index < -0.39 is 0 Å². The Morgan fingerprint density at radius 2 is 1.75 bits per heavy atom. The van der Waals surface area contributed by atoms with E-state index in [1.165, 1.54) is 0 Å². The predicted octanol–water partition coefficient (Wildman–Crippen LogP) is 4.95. The van der Waals surface area contributed by atoms with Crippen LogP contribution in [0.25, 0.3) is 22.3 Å². The maximum absolute atomic E-state index is 13.0. The fourth-order valence-electron chi connectivity index (χ4n) is 3.01. The molecule has 0 aliphatic heterocycles. The average Bonchev–Trinajstić information content (AvgIpc) is 2.75. The van der Waals surface area contributed by atoms with Crippen LogP contribution in [0.1, 0.15) is 17.3 Å². The first-order valence-electron chi connectivity index (χ1n) is 9.10. The zero-order valence-electron chi connectivity index (χ0n) is 15.4. The number of fused-ring (bicyclic) bond motifs is 1. The number of ether oxygens (including phenoxy) is 1. The molecule has 0 spiro atoms. The minimum Gasteiger partial charge on any atom is -0.494 e. The SMILES string of the molecule is CCOc1ccc(NC(=O)c2cc(-c3ccccn3)nc3ccccc23)cc1. The van der Waals surface area contributed by atoms with Gasteiger partial charge in [-0.05, 0) is 55.5 Å². The molecule has 0 saturated carbocycles. The van der Waals surface area contributed by atoms with Crippen LogP contribution in [0, 0.1) is 0 Å². The van der Waals surface area contributed by atoms with Crippen LogP contribution in [0.15, 0.2) is 79.0 Å². The van der Waals surface area contributed by atoms with Gasteiger partial charge in [0.2, 0.25) is 0 Å². The molecule has 1 amide bonds. The molecule has 0 unspecified atom stereocenters. The number of pyridine rings is 2. The normalized spacial score (nSPS) is 10.6. The minimum absolute atomic E-state index is 0.194. The summed E-state index contributed by atoms with van der Waals surface area (Å²) in [5.41, 5.74) is 3.40. The van der Waals surface area contributed by atoms with Crippen molar-refractivity contribution in [3.63, 3.8) is 0 Å². The maximum atomic E-state index is 13.0. The standard InChI is InChI=1S/C23H19N3O2/c1-2-28-17-12-10-16(11-13-17)25-23(27)19-15-22(21-9-5-6-14-24-21)26-20-8-4-3-7-18(19)20/h3-15H,2H2,1H3,(H,25,27). The Hall–Kier alpha value is -3.73. The smallest absolute Gasteiger partial charge is 0.256 e. The van der Waals surface area contributed by atoms with Crippen molar-refractivity contribution in [1.29, 1.82) is 0 Å². The molecule has 1 N–H and O–H groups in total. The van der Waals surface area contributed by atoms with Crippen LogP contribution in [0.2, 0.25) is 0 Å². The number of nitrogens with one attached hydrogen (secondary N) is 1. The first kappa shape index (κ1) is 17.7. The van der Waals surface area contributed by atoms with E-state index in [4.69, 9.17) is 4.74 Å². The zero-order chi connectivity index (χ0) is 19.3. The Kier molecular flexibility index (Phi) is 4.97. The van der Waals surface area contributed by atoms with Crippen LogP contribution in [0.3, 0.4) is 0 Å². The third-order valence-electron chi connectivity index (χ3n) is 4.31. The van der Waals surface area contributed by atoms with Crippen molar-refractivity contribution >= 4 is 22.5 Å². The van der Waals surface area contributed by atoms with E-state index in [1.54, 1.807) is 12.3 Å². The van der Waals surface area contributed by atoms with Gasteiger partial charge in [0, 0.05) is 17.3 Å². The van der Waals surface area contributed by atoms with Crippen molar-refractivity contribution < 1.29 is 9.53 Å². The number of aromatic nitrogens is 2. The molecule has 0 aliphatic rings. The summed E-state index contributed by atoms with van der Waals surface area (Å²) < 4.78 is 5.44. The highest BCUT2D eigenvalue weighted by atomic mass is 16.5. The summed E-state index contributed by atoms with van der Waals surface area (Å²) in [7, 11) is 0. The van der Waals surface area contributed by atoms with E-state index in [0.29, 0.717) is 23.6 Å². The van der Waals surface area contributed by atoms with Gasteiger partial charge in [0.25, 0.3) is 5.91 Å². The highest BCUT2D eigenvalue weighted by Gasteiger charge is 2.14. The molecule has 0 fully saturated rings. The second kappa shape index (κ2) is 7.88. The molecule has 0 atom stereocenters. The lowest BCUT2D eigenvalue weighted by atomic mass is 10.1.